The largest absolute Gasteiger partial charge is 0.465 e. The van der Waals surface area contributed by atoms with Gasteiger partial charge in [0.1, 0.15) is 11.5 Å². The van der Waals surface area contributed by atoms with Gasteiger partial charge in [-0.05, 0) is 19.2 Å². The van der Waals surface area contributed by atoms with Crippen LogP contribution in [0.4, 0.5) is 0 Å². The van der Waals surface area contributed by atoms with Gasteiger partial charge in [-0.2, -0.15) is 0 Å². The molecular formula is C13H24N2O2. The zero-order valence-electron chi connectivity index (χ0n) is 11.2. The second-order valence-electron chi connectivity index (χ2n) is 4.20. The summed E-state index contributed by atoms with van der Waals surface area (Å²) < 4.78 is 10.6. The summed E-state index contributed by atoms with van der Waals surface area (Å²) in [5.74, 6) is 2.10. The molecule has 0 spiro atoms. The predicted molar refractivity (Wildman–Crippen MR) is 69.2 cm³/mol. The Kier molecular flexibility index (Phi) is 6.93. The minimum atomic E-state index is 0.766. The number of likely N-dealkylation sites (N-methyl/N-ethyl adjacent to an activating group) is 1. The average Bonchev–Trinajstić information content (AvgIpc) is 2.76. The minimum Gasteiger partial charge on any atom is -0.465 e. The van der Waals surface area contributed by atoms with Crippen LogP contribution in [0.25, 0.3) is 0 Å². The molecule has 0 saturated heterocycles. The van der Waals surface area contributed by atoms with Gasteiger partial charge in [0.2, 0.25) is 0 Å². The van der Waals surface area contributed by atoms with E-state index >= 15 is 0 Å². The van der Waals surface area contributed by atoms with Crippen LogP contribution in [0.3, 0.4) is 0 Å². The van der Waals surface area contributed by atoms with E-state index in [2.05, 4.69) is 36.3 Å². The lowest BCUT2D eigenvalue weighted by Crippen LogP contribution is -2.30. The van der Waals surface area contributed by atoms with Crippen molar-refractivity contribution in [2.75, 3.05) is 40.4 Å². The van der Waals surface area contributed by atoms with Crippen molar-refractivity contribution in [1.82, 2.24) is 10.2 Å². The first-order chi connectivity index (χ1) is 8.26. The van der Waals surface area contributed by atoms with Crippen LogP contribution < -0.4 is 5.32 Å². The molecule has 0 aliphatic rings. The van der Waals surface area contributed by atoms with Gasteiger partial charge in [-0.1, -0.05) is 6.92 Å². The Bertz CT molecular complexity index is 299. The molecular weight excluding hydrogens is 216 g/mol. The quantitative estimate of drug-likeness (QED) is 0.664. The number of hydrogen-bond acceptors (Lipinski definition) is 4. The molecule has 0 atom stereocenters. The van der Waals surface area contributed by atoms with Crippen molar-refractivity contribution in [2.45, 2.75) is 19.9 Å². The van der Waals surface area contributed by atoms with E-state index in [-0.39, 0.29) is 0 Å². The molecule has 0 saturated carbocycles. The van der Waals surface area contributed by atoms with Gasteiger partial charge in [0.25, 0.3) is 0 Å². The third kappa shape index (κ3) is 5.86. The molecule has 1 N–H and O–H groups in total. The Labute approximate surface area is 104 Å². The van der Waals surface area contributed by atoms with Crippen molar-refractivity contribution in [2.24, 2.45) is 0 Å². The molecule has 0 fully saturated rings. The molecule has 0 unspecified atom stereocenters. The second-order valence-corrected chi connectivity index (χ2v) is 4.20. The summed E-state index contributed by atoms with van der Waals surface area (Å²) in [6.07, 6.45) is 0.961. The highest BCUT2D eigenvalue weighted by Crippen LogP contribution is 2.09. The van der Waals surface area contributed by atoms with Crippen molar-refractivity contribution >= 4 is 0 Å². The van der Waals surface area contributed by atoms with Crippen molar-refractivity contribution < 1.29 is 9.15 Å². The maximum absolute atomic E-state index is 5.67. The van der Waals surface area contributed by atoms with E-state index in [4.69, 9.17) is 9.15 Å². The maximum Gasteiger partial charge on any atom is 0.118 e. The molecule has 0 amide bonds. The van der Waals surface area contributed by atoms with Gasteiger partial charge in [-0.25, -0.2) is 0 Å². The minimum absolute atomic E-state index is 0.766. The normalized spacial score (nSPS) is 11.3. The van der Waals surface area contributed by atoms with Gasteiger partial charge in [0, 0.05) is 33.2 Å². The summed E-state index contributed by atoms with van der Waals surface area (Å²) in [5.41, 5.74) is 0. The van der Waals surface area contributed by atoms with Crippen molar-refractivity contribution in [3.8, 4) is 0 Å². The highest BCUT2D eigenvalue weighted by Gasteiger charge is 2.04. The number of furan rings is 1. The van der Waals surface area contributed by atoms with E-state index in [9.17, 15) is 0 Å². The fraction of sp³-hybridized carbons (Fsp3) is 0.692. The number of aryl methyl sites for hydroxylation is 1. The zero-order chi connectivity index (χ0) is 12.5. The van der Waals surface area contributed by atoms with Crippen molar-refractivity contribution in [3.63, 3.8) is 0 Å². The van der Waals surface area contributed by atoms with Crippen molar-refractivity contribution in [3.05, 3.63) is 23.7 Å². The van der Waals surface area contributed by atoms with E-state index in [1.807, 2.05) is 0 Å². The van der Waals surface area contributed by atoms with Gasteiger partial charge >= 0.3 is 0 Å². The highest BCUT2D eigenvalue weighted by atomic mass is 16.5. The number of rotatable bonds is 9. The van der Waals surface area contributed by atoms with Gasteiger partial charge in [-0.15, -0.1) is 0 Å². The van der Waals surface area contributed by atoms with E-state index < -0.39 is 0 Å². The van der Waals surface area contributed by atoms with E-state index in [0.29, 0.717) is 0 Å². The molecule has 1 aromatic rings. The zero-order valence-corrected chi connectivity index (χ0v) is 11.2. The van der Waals surface area contributed by atoms with Crippen LogP contribution in [0.15, 0.2) is 16.5 Å². The first-order valence-electron chi connectivity index (χ1n) is 6.22. The molecule has 0 aliphatic carbocycles. The molecule has 0 bridgehead atoms. The molecule has 4 nitrogen and oxygen atoms in total. The lowest BCUT2D eigenvalue weighted by Gasteiger charge is -2.15. The Hall–Kier alpha value is -0.840. The Morgan fingerprint density at radius 2 is 2.06 bits per heavy atom. The number of nitrogens with one attached hydrogen (secondary N) is 1. The predicted octanol–water partition coefficient (Wildman–Crippen LogP) is 1.51. The highest BCUT2D eigenvalue weighted by molar-refractivity contribution is 5.06. The molecule has 98 valence electrons. The topological polar surface area (TPSA) is 37.6 Å². The Morgan fingerprint density at radius 3 is 2.71 bits per heavy atom. The summed E-state index contributed by atoms with van der Waals surface area (Å²) in [4.78, 5) is 2.25. The van der Waals surface area contributed by atoms with E-state index in [1.165, 1.54) is 0 Å². The molecule has 1 rings (SSSR count). The van der Waals surface area contributed by atoms with E-state index in [1.54, 1.807) is 7.11 Å². The second kappa shape index (κ2) is 8.28. The van der Waals surface area contributed by atoms with Crippen LogP contribution in [-0.2, 0) is 17.7 Å². The first-order valence-corrected chi connectivity index (χ1v) is 6.22. The third-order valence-electron chi connectivity index (χ3n) is 2.64. The fourth-order valence-corrected chi connectivity index (χ4v) is 1.61. The van der Waals surface area contributed by atoms with Crippen LogP contribution in [-0.4, -0.2) is 45.3 Å². The lowest BCUT2D eigenvalue weighted by molar-refractivity contribution is 0.197. The van der Waals surface area contributed by atoms with Gasteiger partial charge in [0.15, 0.2) is 0 Å². The third-order valence-corrected chi connectivity index (χ3v) is 2.64. The molecule has 1 heterocycles. The summed E-state index contributed by atoms with van der Waals surface area (Å²) in [6.45, 7) is 6.62. The summed E-state index contributed by atoms with van der Waals surface area (Å²) in [7, 11) is 3.82. The summed E-state index contributed by atoms with van der Waals surface area (Å²) in [6, 6.07) is 4.12. The van der Waals surface area contributed by atoms with Gasteiger partial charge in [0.05, 0.1) is 13.2 Å². The van der Waals surface area contributed by atoms with Crippen LogP contribution >= 0.6 is 0 Å². The van der Waals surface area contributed by atoms with Crippen LogP contribution in [0.5, 0.6) is 0 Å². The monoisotopic (exact) mass is 240 g/mol. The van der Waals surface area contributed by atoms with Crippen LogP contribution in [0.2, 0.25) is 0 Å². The van der Waals surface area contributed by atoms with Crippen LogP contribution in [0, 0.1) is 0 Å². The molecule has 17 heavy (non-hydrogen) atoms. The van der Waals surface area contributed by atoms with Gasteiger partial charge in [-0.3, -0.25) is 4.90 Å². The van der Waals surface area contributed by atoms with Crippen molar-refractivity contribution in [1.29, 1.82) is 0 Å². The number of hydrogen-bond donors (Lipinski definition) is 1. The SMILES string of the molecule is CCc1ccc(CN(C)CCNCCOC)o1. The Morgan fingerprint density at radius 1 is 1.29 bits per heavy atom. The number of methoxy groups -OCH3 is 1. The smallest absolute Gasteiger partial charge is 0.118 e. The molecule has 0 aliphatic heterocycles. The summed E-state index contributed by atoms with van der Waals surface area (Å²) >= 11 is 0. The average molecular weight is 240 g/mol. The molecule has 4 heteroatoms. The standard InChI is InChI=1S/C13H24N2O2/c1-4-12-5-6-13(17-12)11-15(2)9-7-14-8-10-16-3/h5-6,14H,4,7-11H2,1-3H3. The number of nitrogens with zero attached hydrogens (tertiary/aromatic N) is 1. The van der Waals surface area contributed by atoms with Crippen LogP contribution in [0.1, 0.15) is 18.4 Å². The molecule has 0 aromatic carbocycles. The summed E-state index contributed by atoms with van der Waals surface area (Å²) in [5, 5.41) is 3.32. The maximum atomic E-state index is 5.67. The van der Waals surface area contributed by atoms with Gasteiger partial charge < -0.3 is 14.5 Å². The first kappa shape index (κ1) is 14.2. The fourth-order valence-electron chi connectivity index (χ4n) is 1.61. The van der Waals surface area contributed by atoms with E-state index in [0.717, 1.165) is 50.7 Å². The molecule has 0 radical (unpaired) electrons. The molecule has 1 aromatic heterocycles. The lowest BCUT2D eigenvalue weighted by atomic mass is 10.3. The number of ether oxygens (including phenoxy) is 1. The Balaban J connectivity index is 2.13.